The summed E-state index contributed by atoms with van der Waals surface area (Å²) in [5.41, 5.74) is 0. The quantitative estimate of drug-likeness (QED) is 0.434. The molecule has 2 atom stereocenters. The average molecular weight is 347 g/mol. The van der Waals surface area contributed by atoms with E-state index in [1.807, 2.05) is 0 Å². The third kappa shape index (κ3) is 5.74. The van der Waals surface area contributed by atoms with Crippen LogP contribution in [0.5, 0.6) is 0 Å². The van der Waals surface area contributed by atoms with Gasteiger partial charge in [-0.3, -0.25) is 0 Å². The molecule has 25 heavy (non-hydrogen) atoms. The average Bonchev–Trinajstić information content (AvgIpc) is 2.67. The molecule has 0 bridgehead atoms. The Kier molecular flexibility index (Phi) is 8.19. The fraction of sp³-hybridized carbons (Fsp3) is 1.00. The van der Waals surface area contributed by atoms with E-state index in [1.165, 1.54) is 38.5 Å². The minimum atomic E-state index is 1.08. The largest absolute Gasteiger partial charge is 0.0654 e. The fourth-order valence-corrected chi connectivity index (χ4v) is 6.96. The van der Waals surface area contributed by atoms with Crippen molar-refractivity contribution in [3.63, 3.8) is 0 Å². The van der Waals surface area contributed by atoms with Crippen LogP contribution >= 0.6 is 0 Å². The minimum Gasteiger partial charge on any atom is -0.0654 e. The molecule has 0 aromatic heterocycles. The Balaban J connectivity index is 1.37. The maximum absolute atomic E-state index is 2.38. The van der Waals surface area contributed by atoms with Crippen LogP contribution in [-0.4, -0.2) is 0 Å². The highest BCUT2D eigenvalue weighted by molar-refractivity contribution is 4.86. The van der Waals surface area contributed by atoms with Gasteiger partial charge < -0.3 is 0 Å². The molecule has 0 nitrogen and oxygen atoms in total. The van der Waals surface area contributed by atoms with Crippen LogP contribution in [0.1, 0.15) is 123 Å². The molecule has 0 aromatic carbocycles. The molecular weight excluding hydrogens is 300 g/mol. The molecule has 0 heteroatoms. The van der Waals surface area contributed by atoms with Crippen molar-refractivity contribution >= 4 is 0 Å². The van der Waals surface area contributed by atoms with E-state index in [4.69, 9.17) is 0 Å². The van der Waals surface area contributed by atoms with Gasteiger partial charge in [-0.15, -0.1) is 0 Å². The summed E-state index contributed by atoms with van der Waals surface area (Å²) in [6.45, 7) is 4.73. The lowest BCUT2D eigenvalue weighted by atomic mass is 9.64. The Morgan fingerprint density at radius 1 is 0.520 bits per heavy atom. The van der Waals surface area contributed by atoms with Crippen LogP contribution < -0.4 is 0 Å². The van der Waals surface area contributed by atoms with E-state index in [0.717, 1.165) is 35.5 Å². The van der Waals surface area contributed by atoms with Crippen molar-refractivity contribution in [3.8, 4) is 0 Å². The molecule has 0 amide bonds. The number of hydrogen-bond acceptors (Lipinski definition) is 0. The Morgan fingerprint density at radius 2 is 1.12 bits per heavy atom. The predicted molar refractivity (Wildman–Crippen MR) is 111 cm³/mol. The lowest BCUT2D eigenvalue weighted by Gasteiger charge is -2.41. The number of hydrogen-bond donors (Lipinski definition) is 0. The van der Waals surface area contributed by atoms with Crippen LogP contribution in [0.15, 0.2) is 0 Å². The standard InChI is InChI=1S/C25H46/c1-3-5-8-20-11-13-22(14-12-20)23-15-17-24(18-16-23)25-10-6-9-21(19-25)7-4-2/h20-25H,3-19H2,1-2H3. The van der Waals surface area contributed by atoms with Crippen molar-refractivity contribution in [2.45, 2.75) is 123 Å². The van der Waals surface area contributed by atoms with Gasteiger partial charge in [-0.1, -0.05) is 78.1 Å². The van der Waals surface area contributed by atoms with E-state index in [9.17, 15) is 0 Å². The summed E-state index contributed by atoms with van der Waals surface area (Å²) < 4.78 is 0. The summed E-state index contributed by atoms with van der Waals surface area (Å²) in [5.74, 6) is 6.61. The van der Waals surface area contributed by atoms with Gasteiger partial charge in [0, 0.05) is 0 Å². The first-order valence-electron chi connectivity index (χ1n) is 12.3. The van der Waals surface area contributed by atoms with Crippen molar-refractivity contribution in [2.75, 3.05) is 0 Å². The SMILES string of the molecule is CCCCC1CCC(C2CCC(C3CCCC(CCC)C3)CC2)CC1. The Morgan fingerprint density at radius 3 is 1.72 bits per heavy atom. The molecule has 146 valence electrons. The monoisotopic (exact) mass is 346 g/mol. The molecule has 3 aliphatic carbocycles. The maximum Gasteiger partial charge on any atom is -0.0383 e. The summed E-state index contributed by atoms with van der Waals surface area (Å²) in [7, 11) is 0. The second-order valence-corrected chi connectivity index (χ2v) is 10.2. The van der Waals surface area contributed by atoms with Gasteiger partial charge in [0.05, 0.1) is 0 Å². The predicted octanol–water partition coefficient (Wildman–Crippen LogP) is 8.40. The van der Waals surface area contributed by atoms with E-state index < -0.39 is 0 Å². The molecule has 2 unspecified atom stereocenters. The summed E-state index contributed by atoms with van der Waals surface area (Å²) in [4.78, 5) is 0. The van der Waals surface area contributed by atoms with Gasteiger partial charge in [-0.05, 0) is 80.5 Å². The molecule has 3 rings (SSSR count). The van der Waals surface area contributed by atoms with Crippen LogP contribution in [0.4, 0.5) is 0 Å². The number of rotatable bonds is 7. The normalized spacial score (nSPS) is 40.1. The second-order valence-electron chi connectivity index (χ2n) is 10.2. The topological polar surface area (TPSA) is 0 Å². The van der Waals surface area contributed by atoms with Crippen molar-refractivity contribution in [3.05, 3.63) is 0 Å². The molecule has 3 saturated carbocycles. The van der Waals surface area contributed by atoms with Crippen molar-refractivity contribution in [2.24, 2.45) is 35.5 Å². The van der Waals surface area contributed by atoms with Crippen LogP contribution in [0.2, 0.25) is 0 Å². The molecule has 3 fully saturated rings. The molecule has 0 heterocycles. The zero-order chi connectivity index (χ0) is 17.5. The van der Waals surface area contributed by atoms with E-state index in [2.05, 4.69) is 13.8 Å². The maximum atomic E-state index is 2.38. The van der Waals surface area contributed by atoms with Gasteiger partial charge in [0.1, 0.15) is 0 Å². The Labute approximate surface area is 158 Å². The molecule has 0 radical (unpaired) electrons. The van der Waals surface area contributed by atoms with Gasteiger partial charge >= 0.3 is 0 Å². The zero-order valence-corrected chi connectivity index (χ0v) is 17.5. The van der Waals surface area contributed by atoms with E-state index in [0.29, 0.717) is 0 Å². The molecule has 0 aliphatic heterocycles. The summed E-state index contributed by atoms with van der Waals surface area (Å²) in [6, 6.07) is 0. The van der Waals surface area contributed by atoms with Crippen molar-refractivity contribution in [1.29, 1.82) is 0 Å². The molecule has 3 aliphatic rings. The third-order valence-electron chi connectivity index (χ3n) is 8.53. The lowest BCUT2D eigenvalue weighted by Crippen LogP contribution is -2.30. The van der Waals surface area contributed by atoms with Gasteiger partial charge in [-0.25, -0.2) is 0 Å². The van der Waals surface area contributed by atoms with E-state index in [-0.39, 0.29) is 0 Å². The van der Waals surface area contributed by atoms with Gasteiger partial charge in [-0.2, -0.15) is 0 Å². The van der Waals surface area contributed by atoms with Crippen LogP contribution in [-0.2, 0) is 0 Å². The molecule has 0 aromatic rings. The summed E-state index contributed by atoms with van der Waals surface area (Å²) >= 11 is 0. The molecule has 0 N–H and O–H groups in total. The van der Waals surface area contributed by atoms with Crippen LogP contribution in [0.25, 0.3) is 0 Å². The van der Waals surface area contributed by atoms with Crippen LogP contribution in [0.3, 0.4) is 0 Å². The smallest absolute Gasteiger partial charge is 0.0383 e. The first-order valence-corrected chi connectivity index (χ1v) is 12.3. The van der Waals surface area contributed by atoms with Gasteiger partial charge in [0.15, 0.2) is 0 Å². The minimum absolute atomic E-state index is 1.08. The van der Waals surface area contributed by atoms with E-state index >= 15 is 0 Å². The highest BCUT2D eigenvalue weighted by atomic mass is 14.4. The highest BCUT2D eigenvalue weighted by Crippen LogP contribution is 2.46. The second kappa shape index (κ2) is 10.4. The van der Waals surface area contributed by atoms with Crippen LogP contribution in [0, 0.1) is 35.5 Å². The van der Waals surface area contributed by atoms with Gasteiger partial charge in [0.25, 0.3) is 0 Å². The number of unbranched alkanes of at least 4 members (excludes halogenated alkanes) is 1. The zero-order valence-electron chi connectivity index (χ0n) is 17.5. The Bertz CT molecular complexity index is 341. The lowest BCUT2D eigenvalue weighted by molar-refractivity contribution is 0.0984. The molecular formula is C25H46. The first kappa shape index (κ1) is 19.8. The first-order chi connectivity index (χ1) is 12.3. The highest BCUT2D eigenvalue weighted by Gasteiger charge is 2.34. The Hall–Kier alpha value is 0. The molecule has 0 saturated heterocycles. The van der Waals surface area contributed by atoms with E-state index in [1.54, 1.807) is 70.6 Å². The summed E-state index contributed by atoms with van der Waals surface area (Å²) in [5, 5.41) is 0. The fourth-order valence-electron chi connectivity index (χ4n) is 6.96. The van der Waals surface area contributed by atoms with Crippen molar-refractivity contribution < 1.29 is 0 Å². The van der Waals surface area contributed by atoms with Crippen molar-refractivity contribution in [1.82, 2.24) is 0 Å². The summed E-state index contributed by atoms with van der Waals surface area (Å²) in [6.07, 6.45) is 26.2. The van der Waals surface area contributed by atoms with Gasteiger partial charge in [0.2, 0.25) is 0 Å². The molecule has 0 spiro atoms. The third-order valence-corrected chi connectivity index (χ3v) is 8.53.